The number of hydrogen-bond acceptors (Lipinski definition) is 2. The molecule has 0 heterocycles. The molecule has 0 amide bonds. The maximum atomic E-state index is 2.17. The van der Waals surface area contributed by atoms with E-state index in [1.165, 1.54) is 20.9 Å². The van der Waals surface area contributed by atoms with Crippen molar-refractivity contribution in [3.05, 3.63) is 71.8 Å². The predicted molar refractivity (Wildman–Crippen MR) is 86.7 cm³/mol. The Morgan fingerprint density at radius 2 is 0.944 bits per heavy atom. The van der Waals surface area contributed by atoms with E-state index in [2.05, 4.69) is 73.2 Å². The predicted octanol–water partition coefficient (Wildman–Crippen LogP) is 5.24. The van der Waals surface area contributed by atoms with Gasteiger partial charge >= 0.3 is 0 Å². The molecule has 2 aromatic carbocycles. The SMILES string of the molecule is CSC(=C(SC)c1ccccc1)c1ccccc1. The third kappa shape index (κ3) is 3.01. The summed E-state index contributed by atoms with van der Waals surface area (Å²) >= 11 is 3.62. The topological polar surface area (TPSA) is 0 Å². The van der Waals surface area contributed by atoms with Crippen LogP contribution in [0.2, 0.25) is 0 Å². The van der Waals surface area contributed by atoms with Crippen LogP contribution in [0.4, 0.5) is 0 Å². The van der Waals surface area contributed by atoms with Crippen molar-refractivity contribution in [1.29, 1.82) is 0 Å². The first-order chi connectivity index (χ1) is 8.86. The molecule has 0 N–H and O–H groups in total. The van der Waals surface area contributed by atoms with Gasteiger partial charge in [0.2, 0.25) is 0 Å². The minimum atomic E-state index is 1.29. The second-order valence-electron chi connectivity index (χ2n) is 3.80. The Morgan fingerprint density at radius 1 is 0.611 bits per heavy atom. The van der Waals surface area contributed by atoms with Crippen molar-refractivity contribution in [2.75, 3.05) is 12.5 Å². The first-order valence-electron chi connectivity index (χ1n) is 5.80. The quantitative estimate of drug-likeness (QED) is 0.698. The zero-order valence-corrected chi connectivity index (χ0v) is 12.2. The molecule has 0 saturated carbocycles. The van der Waals surface area contributed by atoms with Crippen molar-refractivity contribution in [2.45, 2.75) is 0 Å². The summed E-state index contributed by atoms with van der Waals surface area (Å²) in [5.41, 5.74) is 2.58. The molecule has 0 saturated heterocycles. The number of hydrogen-bond donors (Lipinski definition) is 0. The smallest absolute Gasteiger partial charge is 0.0284 e. The fourth-order valence-electron chi connectivity index (χ4n) is 1.86. The Kier molecular flexibility index (Phi) is 4.97. The molecule has 0 aliphatic rings. The molecule has 0 aliphatic carbocycles. The van der Waals surface area contributed by atoms with E-state index in [9.17, 15) is 0 Å². The Morgan fingerprint density at radius 3 is 1.22 bits per heavy atom. The number of thioether (sulfide) groups is 2. The second-order valence-corrected chi connectivity index (χ2v) is 5.43. The molecular weight excluding hydrogens is 256 g/mol. The van der Waals surface area contributed by atoms with Crippen LogP contribution < -0.4 is 0 Å². The van der Waals surface area contributed by atoms with E-state index in [4.69, 9.17) is 0 Å². The molecule has 2 rings (SSSR count). The van der Waals surface area contributed by atoms with Crippen LogP contribution >= 0.6 is 23.5 Å². The van der Waals surface area contributed by atoms with Crippen molar-refractivity contribution in [3.63, 3.8) is 0 Å². The minimum absolute atomic E-state index is 1.29. The molecule has 0 atom stereocenters. The lowest BCUT2D eigenvalue weighted by molar-refractivity contribution is 1.63. The monoisotopic (exact) mass is 272 g/mol. The first-order valence-corrected chi connectivity index (χ1v) is 8.25. The first kappa shape index (κ1) is 13.3. The van der Waals surface area contributed by atoms with E-state index in [1.54, 1.807) is 0 Å². The van der Waals surface area contributed by atoms with Gasteiger partial charge in [0.15, 0.2) is 0 Å². The van der Waals surface area contributed by atoms with Crippen molar-refractivity contribution < 1.29 is 0 Å². The average Bonchev–Trinajstić information content (AvgIpc) is 2.46. The van der Waals surface area contributed by atoms with E-state index in [1.807, 2.05) is 23.5 Å². The van der Waals surface area contributed by atoms with Gasteiger partial charge in [-0.15, -0.1) is 23.5 Å². The molecule has 92 valence electrons. The highest BCUT2D eigenvalue weighted by molar-refractivity contribution is 8.13. The van der Waals surface area contributed by atoms with Gasteiger partial charge in [0.25, 0.3) is 0 Å². The fraction of sp³-hybridized carbons (Fsp3) is 0.125. The lowest BCUT2D eigenvalue weighted by Gasteiger charge is -2.12. The summed E-state index contributed by atoms with van der Waals surface area (Å²) in [6.07, 6.45) is 4.28. The summed E-state index contributed by atoms with van der Waals surface area (Å²) in [4.78, 5) is 2.68. The maximum Gasteiger partial charge on any atom is 0.0284 e. The van der Waals surface area contributed by atoms with Crippen LogP contribution in [-0.2, 0) is 0 Å². The van der Waals surface area contributed by atoms with Gasteiger partial charge in [-0.25, -0.2) is 0 Å². The standard InChI is InChI=1S/C16H16S2/c1-17-15(13-9-5-3-6-10-13)16(18-2)14-11-7-4-8-12-14/h3-12H,1-2H3. The molecule has 0 spiro atoms. The third-order valence-corrected chi connectivity index (χ3v) is 4.51. The van der Waals surface area contributed by atoms with Crippen LogP contribution in [0.5, 0.6) is 0 Å². The van der Waals surface area contributed by atoms with Crippen LogP contribution in [-0.4, -0.2) is 12.5 Å². The molecule has 2 heteroatoms. The Bertz CT molecular complexity index is 466. The van der Waals surface area contributed by atoms with Gasteiger partial charge in [0, 0.05) is 9.81 Å². The van der Waals surface area contributed by atoms with Crippen molar-refractivity contribution in [1.82, 2.24) is 0 Å². The van der Waals surface area contributed by atoms with Crippen LogP contribution in [0.25, 0.3) is 9.81 Å². The summed E-state index contributed by atoms with van der Waals surface area (Å²) in [6, 6.07) is 21.2. The summed E-state index contributed by atoms with van der Waals surface area (Å²) in [7, 11) is 0. The fourth-order valence-corrected chi connectivity index (χ4v) is 3.71. The van der Waals surface area contributed by atoms with Crippen LogP contribution in [0.15, 0.2) is 60.7 Å². The molecule has 18 heavy (non-hydrogen) atoms. The van der Waals surface area contributed by atoms with Crippen LogP contribution in [0, 0.1) is 0 Å². The lowest BCUT2D eigenvalue weighted by atomic mass is 10.1. The lowest BCUT2D eigenvalue weighted by Crippen LogP contribution is -1.86. The minimum Gasteiger partial charge on any atom is -0.128 e. The van der Waals surface area contributed by atoms with Crippen molar-refractivity contribution in [3.8, 4) is 0 Å². The molecule has 2 aromatic rings. The average molecular weight is 272 g/mol. The van der Waals surface area contributed by atoms with E-state index >= 15 is 0 Å². The summed E-state index contributed by atoms with van der Waals surface area (Å²) in [6.45, 7) is 0. The molecular formula is C16H16S2. The van der Waals surface area contributed by atoms with Gasteiger partial charge in [-0.1, -0.05) is 60.7 Å². The zero-order chi connectivity index (χ0) is 12.8. The molecule has 0 aromatic heterocycles. The van der Waals surface area contributed by atoms with E-state index in [-0.39, 0.29) is 0 Å². The molecule has 0 radical (unpaired) electrons. The Hall–Kier alpha value is -1.12. The zero-order valence-electron chi connectivity index (χ0n) is 10.6. The van der Waals surface area contributed by atoms with E-state index in [0.717, 1.165) is 0 Å². The van der Waals surface area contributed by atoms with Gasteiger partial charge < -0.3 is 0 Å². The normalized spacial score (nSPS) is 12.1. The molecule has 0 bridgehead atoms. The van der Waals surface area contributed by atoms with Gasteiger partial charge in [-0.2, -0.15) is 0 Å². The molecule has 0 nitrogen and oxygen atoms in total. The van der Waals surface area contributed by atoms with Crippen molar-refractivity contribution in [2.24, 2.45) is 0 Å². The van der Waals surface area contributed by atoms with E-state index in [0.29, 0.717) is 0 Å². The molecule has 0 fully saturated rings. The summed E-state index contributed by atoms with van der Waals surface area (Å²) < 4.78 is 0. The third-order valence-electron chi connectivity index (χ3n) is 2.69. The van der Waals surface area contributed by atoms with Gasteiger partial charge in [-0.05, 0) is 23.6 Å². The summed E-state index contributed by atoms with van der Waals surface area (Å²) in [5.74, 6) is 0. The highest BCUT2D eigenvalue weighted by Crippen LogP contribution is 2.39. The second kappa shape index (κ2) is 6.72. The van der Waals surface area contributed by atoms with Crippen molar-refractivity contribution >= 4 is 33.3 Å². The molecule has 0 unspecified atom stereocenters. The van der Waals surface area contributed by atoms with Gasteiger partial charge in [0.05, 0.1) is 0 Å². The number of rotatable bonds is 4. The van der Waals surface area contributed by atoms with Crippen LogP contribution in [0.3, 0.4) is 0 Å². The largest absolute Gasteiger partial charge is 0.128 e. The molecule has 0 aliphatic heterocycles. The van der Waals surface area contributed by atoms with E-state index < -0.39 is 0 Å². The summed E-state index contributed by atoms with van der Waals surface area (Å²) in [5, 5.41) is 0. The Balaban J connectivity index is 2.53. The van der Waals surface area contributed by atoms with Gasteiger partial charge in [0.1, 0.15) is 0 Å². The van der Waals surface area contributed by atoms with Gasteiger partial charge in [-0.3, -0.25) is 0 Å². The maximum absolute atomic E-state index is 2.17. The Labute approximate surface area is 118 Å². The van der Waals surface area contributed by atoms with Crippen LogP contribution in [0.1, 0.15) is 11.1 Å². The highest BCUT2D eigenvalue weighted by atomic mass is 32.2. The number of benzene rings is 2. The highest BCUT2D eigenvalue weighted by Gasteiger charge is 2.09.